The van der Waals surface area contributed by atoms with E-state index in [2.05, 4.69) is 51.9 Å². The maximum absolute atomic E-state index is 11.2. The third-order valence-corrected chi connectivity index (χ3v) is 5.91. The summed E-state index contributed by atoms with van der Waals surface area (Å²) < 4.78 is 0. The van der Waals surface area contributed by atoms with E-state index < -0.39 is 5.97 Å². The van der Waals surface area contributed by atoms with Crippen LogP contribution < -0.4 is 0 Å². The fourth-order valence-corrected chi connectivity index (χ4v) is 4.24. The van der Waals surface area contributed by atoms with Crippen LogP contribution in [0.25, 0.3) is 0 Å². The van der Waals surface area contributed by atoms with E-state index in [-0.39, 0.29) is 16.4 Å². The zero-order valence-electron chi connectivity index (χ0n) is 17.6. The third kappa shape index (κ3) is 3.56. The molecule has 1 aliphatic rings. The van der Waals surface area contributed by atoms with Gasteiger partial charge >= 0.3 is 5.97 Å². The van der Waals surface area contributed by atoms with Gasteiger partial charge < -0.3 is 9.94 Å². The van der Waals surface area contributed by atoms with Crippen LogP contribution in [0, 0.1) is 6.92 Å². The minimum absolute atomic E-state index is 0.0173. The lowest BCUT2D eigenvalue weighted by Crippen LogP contribution is -2.36. The molecule has 0 saturated heterocycles. The average Bonchev–Trinajstić information content (AvgIpc) is 2.63. The first kappa shape index (κ1) is 20.1. The highest BCUT2D eigenvalue weighted by molar-refractivity contribution is 6.14. The number of aryl methyl sites for hydroxylation is 1. The summed E-state index contributed by atoms with van der Waals surface area (Å²) in [5.41, 5.74) is 6.89. The van der Waals surface area contributed by atoms with Crippen molar-refractivity contribution in [1.29, 1.82) is 0 Å². The third-order valence-electron chi connectivity index (χ3n) is 5.91. The van der Waals surface area contributed by atoms with E-state index in [0.717, 1.165) is 29.7 Å². The topological polar surface area (TPSA) is 58.9 Å². The molecule has 2 aromatic carbocycles. The smallest absolute Gasteiger partial charge is 0.335 e. The molecule has 1 aliphatic carbocycles. The van der Waals surface area contributed by atoms with Gasteiger partial charge in [-0.25, -0.2) is 4.79 Å². The van der Waals surface area contributed by atoms with Crippen LogP contribution in [-0.2, 0) is 15.7 Å². The molecule has 0 radical (unpaired) electrons. The minimum atomic E-state index is -0.937. The second kappa shape index (κ2) is 7.08. The van der Waals surface area contributed by atoms with Crippen molar-refractivity contribution in [3.8, 4) is 0 Å². The van der Waals surface area contributed by atoms with Crippen molar-refractivity contribution in [3.63, 3.8) is 0 Å². The molecule has 0 spiro atoms. The summed E-state index contributed by atoms with van der Waals surface area (Å²) >= 11 is 0. The van der Waals surface area contributed by atoms with Crippen molar-refractivity contribution in [2.45, 2.75) is 58.3 Å². The summed E-state index contributed by atoms with van der Waals surface area (Å²) in [6.45, 7) is 11.3. The van der Waals surface area contributed by atoms with E-state index in [1.54, 1.807) is 31.4 Å². The van der Waals surface area contributed by atoms with Crippen molar-refractivity contribution in [2.24, 2.45) is 5.16 Å². The second-order valence-corrected chi connectivity index (χ2v) is 9.01. The molecule has 0 amide bonds. The number of carboxylic acids is 1. The number of rotatable bonds is 4. The predicted molar refractivity (Wildman–Crippen MR) is 113 cm³/mol. The Morgan fingerprint density at radius 3 is 2.14 bits per heavy atom. The Morgan fingerprint density at radius 2 is 1.57 bits per heavy atom. The quantitative estimate of drug-likeness (QED) is 0.568. The van der Waals surface area contributed by atoms with Crippen LogP contribution in [0.1, 0.15) is 78.7 Å². The van der Waals surface area contributed by atoms with Crippen molar-refractivity contribution >= 4 is 11.7 Å². The first-order chi connectivity index (χ1) is 13.1. The largest absolute Gasteiger partial charge is 0.478 e. The van der Waals surface area contributed by atoms with E-state index in [1.165, 1.54) is 16.7 Å². The summed E-state index contributed by atoms with van der Waals surface area (Å²) in [6.07, 6.45) is 2.24. The number of carboxylic acid groups (broad SMARTS) is 1. The highest BCUT2D eigenvalue weighted by atomic mass is 16.6. The van der Waals surface area contributed by atoms with Crippen molar-refractivity contribution in [1.82, 2.24) is 0 Å². The van der Waals surface area contributed by atoms with Crippen LogP contribution in [-0.4, -0.2) is 23.9 Å². The van der Waals surface area contributed by atoms with Gasteiger partial charge in [0, 0.05) is 11.1 Å². The Hall–Kier alpha value is -2.62. The highest BCUT2D eigenvalue weighted by Gasteiger charge is 2.39. The lowest BCUT2D eigenvalue weighted by molar-refractivity contribution is 0.0697. The molecule has 0 unspecified atom stereocenters. The minimum Gasteiger partial charge on any atom is -0.478 e. The lowest BCUT2D eigenvalue weighted by atomic mass is 9.61. The molecule has 0 atom stereocenters. The highest BCUT2D eigenvalue weighted by Crippen LogP contribution is 2.48. The molecule has 0 fully saturated rings. The first-order valence-electron chi connectivity index (χ1n) is 9.68. The fourth-order valence-electron chi connectivity index (χ4n) is 4.24. The molecule has 0 saturated carbocycles. The number of benzene rings is 2. The van der Waals surface area contributed by atoms with Gasteiger partial charge in [-0.15, -0.1) is 0 Å². The normalized spacial score (nSPS) is 17.7. The number of carbonyl (C=O) groups is 1. The van der Waals surface area contributed by atoms with Crippen LogP contribution >= 0.6 is 0 Å². The van der Waals surface area contributed by atoms with Crippen LogP contribution in [0.5, 0.6) is 0 Å². The Kier molecular flexibility index (Phi) is 5.09. The molecule has 28 heavy (non-hydrogen) atoms. The van der Waals surface area contributed by atoms with E-state index >= 15 is 0 Å². The molecule has 0 heterocycles. The van der Waals surface area contributed by atoms with Crippen molar-refractivity contribution < 1.29 is 14.7 Å². The van der Waals surface area contributed by atoms with Crippen molar-refractivity contribution in [3.05, 3.63) is 69.8 Å². The number of nitrogens with zero attached hydrogens (tertiary/aromatic N) is 1. The molecule has 0 aliphatic heterocycles. The second-order valence-electron chi connectivity index (χ2n) is 9.01. The van der Waals surface area contributed by atoms with Gasteiger partial charge in [-0.2, -0.15) is 0 Å². The van der Waals surface area contributed by atoms with Crippen LogP contribution in [0.3, 0.4) is 0 Å². The summed E-state index contributed by atoms with van der Waals surface area (Å²) in [5.74, 6) is -0.937. The molecule has 3 rings (SSSR count). The molecule has 0 bridgehead atoms. The molecular weight excluding hydrogens is 350 g/mol. The summed E-state index contributed by atoms with van der Waals surface area (Å²) in [6, 6.07) is 11.3. The molecule has 2 aromatic rings. The number of hydrogen-bond acceptors (Lipinski definition) is 3. The zero-order chi connectivity index (χ0) is 20.7. The Labute approximate surface area is 167 Å². The average molecular weight is 380 g/mol. The van der Waals surface area contributed by atoms with E-state index in [1.807, 2.05) is 0 Å². The number of hydrogen-bond donors (Lipinski definition) is 1. The van der Waals surface area contributed by atoms with Crippen LogP contribution in [0.15, 0.2) is 41.6 Å². The SMILES string of the molecule is CO/N=C(\c1ccc(C(=O)O)cc1)c1cc(C)cc2c1C(C)(C)CCC2(C)C. The Balaban J connectivity index is 2.27. The van der Waals surface area contributed by atoms with Crippen LogP contribution in [0.2, 0.25) is 0 Å². The van der Waals surface area contributed by atoms with Gasteiger partial charge in [0.2, 0.25) is 0 Å². The summed E-state index contributed by atoms with van der Waals surface area (Å²) in [7, 11) is 1.54. The maximum atomic E-state index is 11.2. The molecule has 4 nitrogen and oxygen atoms in total. The van der Waals surface area contributed by atoms with Gasteiger partial charge in [-0.05, 0) is 59.9 Å². The van der Waals surface area contributed by atoms with Gasteiger partial charge in [0.05, 0.1) is 5.56 Å². The first-order valence-corrected chi connectivity index (χ1v) is 9.68. The molecule has 148 valence electrons. The molecule has 4 heteroatoms. The van der Waals surface area contributed by atoms with Crippen LogP contribution in [0.4, 0.5) is 0 Å². The molecule has 0 aromatic heterocycles. The summed E-state index contributed by atoms with van der Waals surface area (Å²) in [5, 5.41) is 13.6. The summed E-state index contributed by atoms with van der Waals surface area (Å²) in [4.78, 5) is 16.4. The Morgan fingerprint density at radius 1 is 1.00 bits per heavy atom. The number of aromatic carboxylic acids is 1. The van der Waals surface area contributed by atoms with Crippen molar-refractivity contribution in [2.75, 3.05) is 7.11 Å². The van der Waals surface area contributed by atoms with Gasteiger partial charge in [0.1, 0.15) is 12.8 Å². The molecular formula is C24H29NO3. The van der Waals surface area contributed by atoms with Gasteiger partial charge in [-0.1, -0.05) is 56.6 Å². The van der Waals surface area contributed by atoms with Gasteiger partial charge in [0.15, 0.2) is 0 Å². The Bertz CT molecular complexity index is 937. The van der Waals surface area contributed by atoms with Gasteiger partial charge in [-0.3, -0.25) is 0 Å². The van der Waals surface area contributed by atoms with E-state index in [0.29, 0.717) is 0 Å². The zero-order valence-corrected chi connectivity index (χ0v) is 17.6. The number of oxime groups is 1. The van der Waals surface area contributed by atoms with E-state index in [4.69, 9.17) is 4.84 Å². The standard InChI is InChI=1S/C24H29NO3/c1-15-13-18(20-19(14-15)23(2,3)11-12-24(20,4)5)21(25-28-6)16-7-9-17(10-8-16)22(26)27/h7-10,13-14H,11-12H2,1-6H3,(H,26,27)/b25-21+. The monoisotopic (exact) mass is 379 g/mol. The van der Waals surface area contributed by atoms with E-state index in [9.17, 15) is 9.90 Å². The van der Waals surface area contributed by atoms with Gasteiger partial charge in [0.25, 0.3) is 0 Å². The number of fused-ring (bicyclic) bond motifs is 1. The predicted octanol–water partition coefficient (Wildman–Crippen LogP) is 5.44. The maximum Gasteiger partial charge on any atom is 0.335 e. The fraction of sp³-hybridized carbons (Fsp3) is 0.417. The lowest BCUT2D eigenvalue weighted by Gasteiger charge is -2.43. The molecule has 1 N–H and O–H groups in total.